The number of aliphatic hydroxyl groups is 1. The lowest BCUT2D eigenvalue weighted by Crippen LogP contribution is -2.58. The van der Waals surface area contributed by atoms with Gasteiger partial charge in [-0.25, -0.2) is 0 Å². The van der Waals surface area contributed by atoms with Crippen molar-refractivity contribution in [2.45, 2.75) is 43.5 Å². The van der Waals surface area contributed by atoms with E-state index in [1.165, 1.54) is 6.92 Å². The second kappa shape index (κ2) is 8.13. The molecule has 5 nitrogen and oxygen atoms in total. The van der Waals surface area contributed by atoms with E-state index in [0.29, 0.717) is 0 Å². The largest absolute Gasteiger partial charge is 0.454 e. The van der Waals surface area contributed by atoms with Crippen molar-refractivity contribution in [3.63, 3.8) is 0 Å². The van der Waals surface area contributed by atoms with Gasteiger partial charge in [-0.2, -0.15) is 0 Å². The van der Waals surface area contributed by atoms with Gasteiger partial charge in [-0.15, -0.1) is 23.2 Å². The maximum Gasteiger partial charge on any atom is 0.303 e. The molecule has 22 heavy (non-hydrogen) atoms. The molecule has 7 heteroatoms. The predicted octanol–water partition coefficient (Wildman–Crippen LogP) is 2.07. The van der Waals surface area contributed by atoms with Crippen LogP contribution in [-0.2, 0) is 25.6 Å². The minimum Gasteiger partial charge on any atom is -0.454 e. The van der Waals surface area contributed by atoms with Gasteiger partial charge >= 0.3 is 5.97 Å². The monoisotopic (exact) mass is 348 g/mol. The van der Waals surface area contributed by atoms with Gasteiger partial charge in [0.15, 0.2) is 12.4 Å². The summed E-state index contributed by atoms with van der Waals surface area (Å²) in [6, 6.07) is 9.48. The van der Waals surface area contributed by atoms with Gasteiger partial charge in [-0.3, -0.25) is 4.79 Å². The first-order chi connectivity index (χ1) is 10.5. The van der Waals surface area contributed by atoms with E-state index in [1.54, 1.807) is 0 Å². The van der Waals surface area contributed by atoms with E-state index >= 15 is 0 Å². The third-order valence-electron chi connectivity index (χ3n) is 3.33. The molecule has 0 saturated carbocycles. The van der Waals surface area contributed by atoms with Crippen molar-refractivity contribution in [2.24, 2.45) is 0 Å². The summed E-state index contributed by atoms with van der Waals surface area (Å²) in [5.41, 5.74) is 0.941. The Bertz CT molecular complexity index is 484. The Morgan fingerprint density at radius 1 is 1.32 bits per heavy atom. The van der Waals surface area contributed by atoms with Crippen LogP contribution < -0.4 is 0 Å². The van der Waals surface area contributed by atoms with Crippen molar-refractivity contribution in [1.82, 2.24) is 0 Å². The molecule has 1 fully saturated rings. The quantitative estimate of drug-likeness (QED) is 0.651. The Morgan fingerprint density at radius 2 is 2.00 bits per heavy atom. The Balaban J connectivity index is 2.10. The van der Waals surface area contributed by atoms with Crippen molar-refractivity contribution >= 4 is 29.2 Å². The van der Waals surface area contributed by atoms with Crippen LogP contribution in [0.25, 0.3) is 0 Å². The minimum atomic E-state index is -1.33. The predicted molar refractivity (Wildman–Crippen MR) is 81.8 cm³/mol. The van der Waals surface area contributed by atoms with Gasteiger partial charge in [-0.05, 0) is 5.56 Å². The maximum absolute atomic E-state index is 11.2. The van der Waals surface area contributed by atoms with Crippen LogP contribution in [0.3, 0.4) is 0 Å². The standard InChI is InChI=1S/C15H18Cl2O5/c1-9(18)21-14-13(12(17)11(7-16)22-15(14)19)20-8-10-5-3-2-4-6-10/h2-6,11-15,19H,7-8H2,1H3/t11-,12-,13+,14-,15?/m1/s1. The molecule has 122 valence electrons. The minimum absolute atomic E-state index is 0.100. The molecule has 1 saturated heterocycles. The number of benzene rings is 1. The molecule has 5 atom stereocenters. The molecule has 1 aliphatic rings. The highest BCUT2D eigenvalue weighted by Gasteiger charge is 2.47. The molecule has 1 aromatic carbocycles. The average Bonchev–Trinajstić information content (AvgIpc) is 2.50. The number of hydrogen-bond donors (Lipinski definition) is 1. The Labute approximate surface area is 139 Å². The zero-order chi connectivity index (χ0) is 16.1. The van der Waals surface area contributed by atoms with Crippen molar-refractivity contribution in [2.75, 3.05) is 5.88 Å². The van der Waals surface area contributed by atoms with Gasteiger partial charge in [0.2, 0.25) is 0 Å². The van der Waals surface area contributed by atoms with Crippen LogP contribution in [0, 0.1) is 0 Å². The molecule has 0 aromatic heterocycles. The molecule has 0 spiro atoms. The first kappa shape index (κ1) is 17.5. The molecule has 1 heterocycles. The molecule has 0 aliphatic carbocycles. The first-order valence-electron chi connectivity index (χ1n) is 6.89. The van der Waals surface area contributed by atoms with Crippen LogP contribution in [0.4, 0.5) is 0 Å². The third-order valence-corrected chi connectivity index (χ3v) is 4.16. The number of carbonyl (C=O) groups excluding carboxylic acids is 1. The second-order valence-electron chi connectivity index (χ2n) is 5.00. The van der Waals surface area contributed by atoms with E-state index in [-0.39, 0.29) is 12.5 Å². The molecular formula is C15H18Cl2O5. The molecule has 1 unspecified atom stereocenters. The number of alkyl halides is 2. The van der Waals surface area contributed by atoms with Gasteiger partial charge < -0.3 is 19.3 Å². The second-order valence-corrected chi connectivity index (χ2v) is 5.81. The van der Waals surface area contributed by atoms with Crippen LogP contribution in [0.5, 0.6) is 0 Å². The number of carbonyl (C=O) groups is 1. The number of hydrogen-bond acceptors (Lipinski definition) is 5. The number of aliphatic hydroxyl groups excluding tert-OH is 1. The Morgan fingerprint density at radius 3 is 2.59 bits per heavy atom. The number of esters is 1. The van der Waals surface area contributed by atoms with E-state index in [9.17, 15) is 9.90 Å². The smallest absolute Gasteiger partial charge is 0.303 e. The normalized spacial score (nSPS) is 31.7. The summed E-state index contributed by atoms with van der Waals surface area (Å²) in [7, 11) is 0. The van der Waals surface area contributed by atoms with E-state index in [4.69, 9.17) is 37.4 Å². The van der Waals surface area contributed by atoms with E-state index in [2.05, 4.69) is 0 Å². The van der Waals surface area contributed by atoms with E-state index < -0.39 is 35.9 Å². The zero-order valence-corrected chi connectivity index (χ0v) is 13.5. The van der Waals surface area contributed by atoms with Crippen molar-refractivity contribution in [3.8, 4) is 0 Å². The number of halogens is 2. The molecule has 0 amide bonds. The molecule has 0 radical (unpaired) electrons. The fourth-order valence-electron chi connectivity index (χ4n) is 2.28. The number of ether oxygens (including phenoxy) is 3. The maximum atomic E-state index is 11.2. The highest BCUT2D eigenvalue weighted by Crippen LogP contribution is 2.30. The summed E-state index contributed by atoms with van der Waals surface area (Å²) in [5.74, 6) is -0.447. The SMILES string of the molecule is CC(=O)O[C@H]1C(O)O[C@H](CCl)[C@@H](Cl)[C@@H]1OCc1ccccc1. The Kier molecular flexibility index (Phi) is 6.47. The van der Waals surface area contributed by atoms with Crippen molar-refractivity contribution < 1.29 is 24.1 Å². The van der Waals surface area contributed by atoms with Gasteiger partial charge in [0.05, 0.1) is 24.0 Å². The van der Waals surface area contributed by atoms with Crippen LogP contribution in [-0.4, -0.2) is 46.9 Å². The molecule has 1 N–H and O–H groups in total. The molecular weight excluding hydrogens is 331 g/mol. The summed E-state index contributed by atoms with van der Waals surface area (Å²) >= 11 is 12.1. The fraction of sp³-hybridized carbons (Fsp3) is 0.533. The summed E-state index contributed by atoms with van der Waals surface area (Å²) in [5, 5.41) is 9.36. The summed E-state index contributed by atoms with van der Waals surface area (Å²) < 4.78 is 16.2. The average molecular weight is 349 g/mol. The molecule has 1 aliphatic heterocycles. The lowest BCUT2D eigenvalue weighted by molar-refractivity contribution is -0.257. The van der Waals surface area contributed by atoms with E-state index in [0.717, 1.165) is 5.56 Å². The summed E-state index contributed by atoms with van der Waals surface area (Å²) in [6.07, 6.45) is -3.64. The number of rotatable bonds is 5. The highest BCUT2D eigenvalue weighted by atomic mass is 35.5. The van der Waals surface area contributed by atoms with Crippen LogP contribution >= 0.6 is 23.2 Å². The van der Waals surface area contributed by atoms with Crippen molar-refractivity contribution in [3.05, 3.63) is 35.9 Å². The highest BCUT2D eigenvalue weighted by molar-refractivity contribution is 6.23. The van der Waals surface area contributed by atoms with Gasteiger partial charge in [0.25, 0.3) is 0 Å². The lowest BCUT2D eigenvalue weighted by Gasteiger charge is -2.41. The summed E-state index contributed by atoms with van der Waals surface area (Å²) in [4.78, 5) is 11.2. The zero-order valence-electron chi connectivity index (χ0n) is 12.0. The Hall–Kier alpha value is -0.850. The van der Waals surface area contributed by atoms with E-state index in [1.807, 2.05) is 30.3 Å². The van der Waals surface area contributed by atoms with Crippen molar-refractivity contribution in [1.29, 1.82) is 0 Å². The molecule has 0 bridgehead atoms. The lowest BCUT2D eigenvalue weighted by atomic mass is 10.0. The molecule has 2 rings (SSSR count). The van der Waals surface area contributed by atoms with Crippen LogP contribution in [0.1, 0.15) is 12.5 Å². The van der Waals surface area contributed by atoms with Gasteiger partial charge in [0.1, 0.15) is 6.10 Å². The van der Waals surface area contributed by atoms with Gasteiger partial charge in [0, 0.05) is 6.92 Å². The first-order valence-corrected chi connectivity index (χ1v) is 7.86. The summed E-state index contributed by atoms with van der Waals surface area (Å²) in [6.45, 7) is 1.52. The third kappa shape index (κ3) is 4.33. The topological polar surface area (TPSA) is 65.0 Å². The molecule has 1 aromatic rings. The van der Waals surface area contributed by atoms with Crippen LogP contribution in [0.2, 0.25) is 0 Å². The fourth-order valence-corrected chi connectivity index (χ4v) is 3.00. The van der Waals surface area contributed by atoms with Crippen LogP contribution in [0.15, 0.2) is 30.3 Å². The van der Waals surface area contributed by atoms with Gasteiger partial charge in [-0.1, -0.05) is 30.3 Å².